The molecule has 2 aromatic rings. The summed E-state index contributed by atoms with van der Waals surface area (Å²) in [5.41, 5.74) is 2.62. The second-order valence-electron chi connectivity index (χ2n) is 4.10. The SMILES string of the molecule is CC.CCCN(C)Cc1c[nH]c2ccccc12. The van der Waals surface area contributed by atoms with E-state index in [1.54, 1.807) is 0 Å². The van der Waals surface area contributed by atoms with Gasteiger partial charge in [0.25, 0.3) is 0 Å². The molecule has 0 amide bonds. The van der Waals surface area contributed by atoms with Crippen LogP contribution in [0.5, 0.6) is 0 Å². The standard InChI is InChI=1S/C13H18N2.C2H6/c1-3-8-15(2)10-11-9-14-13-7-5-4-6-12(11)13;1-2/h4-7,9,14H,3,8,10H2,1-2H3;1-2H3. The van der Waals surface area contributed by atoms with Crippen molar-refractivity contribution in [2.24, 2.45) is 0 Å². The van der Waals surface area contributed by atoms with Gasteiger partial charge in [-0.25, -0.2) is 0 Å². The summed E-state index contributed by atoms with van der Waals surface area (Å²) in [5.74, 6) is 0. The first kappa shape index (κ1) is 13.8. The normalized spacial score (nSPS) is 10.4. The van der Waals surface area contributed by atoms with Crippen molar-refractivity contribution in [2.75, 3.05) is 13.6 Å². The van der Waals surface area contributed by atoms with E-state index in [9.17, 15) is 0 Å². The lowest BCUT2D eigenvalue weighted by molar-refractivity contribution is 0.329. The predicted octanol–water partition coefficient (Wildman–Crippen LogP) is 4.04. The van der Waals surface area contributed by atoms with Crippen LogP contribution >= 0.6 is 0 Å². The smallest absolute Gasteiger partial charge is 0.0457 e. The van der Waals surface area contributed by atoms with Gasteiger partial charge in [-0.3, -0.25) is 0 Å². The maximum atomic E-state index is 3.31. The molecule has 0 aliphatic rings. The van der Waals surface area contributed by atoms with Crippen LogP contribution < -0.4 is 0 Å². The Morgan fingerprint density at radius 3 is 2.59 bits per heavy atom. The molecule has 1 heterocycles. The first-order valence-corrected chi connectivity index (χ1v) is 6.55. The summed E-state index contributed by atoms with van der Waals surface area (Å²) >= 11 is 0. The lowest BCUT2D eigenvalue weighted by Crippen LogP contribution is -2.18. The van der Waals surface area contributed by atoms with E-state index < -0.39 is 0 Å². The van der Waals surface area contributed by atoms with Gasteiger partial charge in [-0.05, 0) is 31.6 Å². The van der Waals surface area contributed by atoms with Gasteiger partial charge in [-0.15, -0.1) is 0 Å². The fourth-order valence-corrected chi connectivity index (χ4v) is 2.01. The summed E-state index contributed by atoms with van der Waals surface area (Å²) in [4.78, 5) is 5.67. The van der Waals surface area contributed by atoms with Crippen molar-refractivity contribution in [1.82, 2.24) is 9.88 Å². The molecule has 0 aliphatic heterocycles. The van der Waals surface area contributed by atoms with Crippen molar-refractivity contribution in [3.8, 4) is 0 Å². The summed E-state index contributed by atoms with van der Waals surface area (Å²) in [5, 5.41) is 1.35. The van der Waals surface area contributed by atoms with Crippen LogP contribution in [0.1, 0.15) is 32.8 Å². The Balaban J connectivity index is 0.000000686. The number of para-hydroxylation sites is 1. The highest BCUT2D eigenvalue weighted by Crippen LogP contribution is 2.18. The zero-order chi connectivity index (χ0) is 12.7. The van der Waals surface area contributed by atoms with Crippen LogP contribution in [0.3, 0.4) is 0 Å². The van der Waals surface area contributed by atoms with E-state index in [1.165, 1.54) is 22.9 Å². The van der Waals surface area contributed by atoms with Gasteiger partial charge in [-0.2, -0.15) is 0 Å². The molecule has 1 N–H and O–H groups in total. The van der Waals surface area contributed by atoms with Gasteiger partial charge in [0, 0.05) is 23.6 Å². The van der Waals surface area contributed by atoms with Crippen LogP contribution in [-0.2, 0) is 6.54 Å². The van der Waals surface area contributed by atoms with Gasteiger partial charge in [0.05, 0.1) is 0 Å². The maximum Gasteiger partial charge on any atom is 0.0457 e. The molecule has 2 rings (SSSR count). The second kappa shape index (κ2) is 7.13. The van der Waals surface area contributed by atoms with Gasteiger partial charge in [0.15, 0.2) is 0 Å². The van der Waals surface area contributed by atoms with Crippen LogP contribution in [0.15, 0.2) is 30.5 Å². The molecule has 94 valence electrons. The molecule has 1 aromatic heterocycles. The van der Waals surface area contributed by atoms with Gasteiger partial charge >= 0.3 is 0 Å². The molecule has 0 fully saturated rings. The third-order valence-electron chi connectivity index (χ3n) is 2.72. The van der Waals surface area contributed by atoms with Crippen molar-refractivity contribution < 1.29 is 0 Å². The molecule has 2 heteroatoms. The van der Waals surface area contributed by atoms with E-state index in [1.807, 2.05) is 13.8 Å². The molecular formula is C15H24N2. The molecule has 2 nitrogen and oxygen atoms in total. The molecule has 0 radical (unpaired) electrons. The number of nitrogens with zero attached hydrogens (tertiary/aromatic N) is 1. The Kier molecular flexibility index (Phi) is 5.78. The van der Waals surface area contributed by atoms with E-state index in [-0.39, 0.29) is 0 Å². The number of benzene rings is 1. The summed E-state index contributed by atoms with van der Waals surface area (Å²) in [6.07, 6.45) is 3.33. The molecule has 0 aliphatic carbocycles. The summed E-state index contributed by atoms with van der Waals surface area (Å²) in [7, 11) is 2.17. The minimum absolute atomic E-state index is 1.03. The lowest BCUT2D eigenvalue weighted by atomic mass is 10.1. The number of hydrogen-bond acceptors (Lipinski definition) is 1. The van der Waals surface area contributed by atoms with E-state index in [4.69, 9.17) is 0 Å². The molecule has 0 atom stereocenters. The number of hydrogen-bond donors (Lipinski definition) is 1. The minimum atomic E-state index is 1.03. The van der Waals surface area contributed by atoms with E-state index in [0.717, 1.165) is 13.1 Å². The Labute approximate surface area is 105 Å². The maximum absolute atomic E-state index is 3.31. The van der Waals surface area contributed by atoms with Crippen molar-refractivity contribution >= 4 is 10.9 Å². The van der Waals surface area contributed by atoms with Crippen LogP contribution in [-0.4, -0.2) is 23.5 Å². The summed E-state index contributed by atoms with van der Waals surface area (Å²) in [6.45, 7) is 8.39. The fourth-order valence-electron chi connectivity index (χ4n) is 2.01. The van der Waals surface area contributed by atoms with Gasteiger partial charge in [0.2, 0.25) is 0 Å². The monoisotopic (exact) mass is 232 g/mol. The average molecular weight is 232 g/mol. The Morgan fingerprint density at radius 1 is 1.18 bits per heavy atom. The number of aromatic nitrogens is 1. The highest BCUT2D eigenvalue weighted by Gasteiger charge is 2.04. The van der Waals surface area contributed by atoms with E-state index >= 15 is 0 Å². The predicted molar refractivity (Wildman–Crippen MR) is 76.3 cm³/mol. The van der Waals surface area contributed by atoms with E-state index in [2.05, 4.69) is 54.3 Å². The molecule has 0 spiro atoms. The van der Waals surface area contributed by atoms with Gasteiger partial charge < -0.3 is 9.88 Å². The highest BCUT2D eigenvalue weighted by atomic mass is 15.1. The number of nitrogens with one attached hydrogen (secondary N) is 1. The molecule has 17 heavy (non-hydrogen) atoms. The molecule has 0 saturated heterocycles. The van der Waals surface area contributed by atoms with Crippen molar-refractivity contribution in [3.63, 3.8) is 0 Å². The van der Waals surface area contributed by atoms with Gasteiger partial charge in [0.1, 0.15) is 0 Å². The molecule has 0 saturated carbocycles. The fraction of sp³-hybridized carbons (Fsp3) is 0.467. The van der Waals surface area contributed by atoms with Crippen LogP contribution in [0.2, 0.25) is 0 Å². The van der Waals surface area contributed by atoms with Crippen molar-refractivity contribution in [1.29, 1.82) is 0 Å². The number of rotatable bonds is 4. The number of H-pyrrole nitrogens is 1. The third-order valence-corrected chi connectivity index (χ3v) is 2.72. The first-order chi connectivity index (χ1) is 8.31. The third kappa shape index (κ3) is 3.60. The summed E-state index contributed by atoms with van der Waals surface area (Å²) in [6, 6.07) is 8.47. The highest BCUT2D eigenvalue weighted by molar-refractivity contribution is 5.82. The first-order valence-electron chi connectivity index (χ1n) is 6.55. The Bertz CT molecular complexity index is 431. The minimum Gasteiger partial charge on any atom is -0.361 e. The zero-order valence-corrected chi connectivity index (χ0v) is 11.5. The van der Waals surface area contributed by atoms with Crippen LogP contribution in [0.25, 0.3) is 10.9 Å². The second-order valence-corrected chi connectivity index (χ2v) is 4.10. The van der Waals surface area contributed by atoms with Crippen molar-refractivity contribution in [2.45, 2.75) is 33.7 Å². The molecule has 0 bridgehead atoms. The topological polar surface area (TPSA) is 19.0 Å². The average Bonchev–Trinajstić information content (AvgIpc) is 2.76. The zero-order valence-electron chi connectivity index (χ0n) is 11.5. The summed E-state index contributed by atoms with van der Waals surface area (Å²) < 4.78 is 0. The largest absolute Gasteiger partial charge is 0.361 e. The van der Waals surface area contributed by atoms with E-state index in [0.29, 0.717) is 0 Å². The number of aromatic amines is 1. The quantitative estimate of drug-likeness (QED) is 0.843. The van der Waals surface area contributed by atoms with Crippen LogP contribution in [0, 0.1) is 0 Å². The van der Waals surface area contributed by atoms with Gasteiger partial charge in [-0.1, -0.05) is 39.0 Å². The molecule has 0 unspecified atom stereocenters. The lowest BCUT2D eigenvalue weighted by Gasteiger charge is -2.14. The Hall–Kier alpha value is -1.28. The van der Waals surface area contributed by atoms with Crippen LogP contribution in [0.4, 0.5) is 0 Å². The Morgan fingerprint density at radius 2 is 1.88 bits per heavy atom. The molecular weight excluding hydrogens is 208 g/mol. The molecule has 1 aromatic carbocycles. The number of fused-ring (bicyclic) bond motifs is 1. The van der Waals surface area contributed by atoms with Crippen molar-refractivity contribution in [3.05, 3.63) is 36.0 Å².